The molecule has 3 aromatic rings. The van der Waals surface area contributed by atoms with Gasteiger partial charge in [-0.3, -0.25) is 9.20 Å². The molecule has 33 heavy (non-hydrogen) atoms. The first-order valence-electron chi connectivity index (χ1n) is 10.9. The molecule has 0 unspecified atom stereocenters. The Morgan fingerprint density at radius 2 is 2.00 bits per heavy atom. The Kier molecular flexibility index (Phi) is 5.08. The lowest BCUT2D eigenvalue weighted by Crippen LogP contribution is -2.59. The first-order chi connectivity index (χ1) is 15.7. The van der Waals surface area contributed by atoms with Crippen molar-refractivity contribution in [3.8, 4) is 5.88 Å². The maximum Gasteiger partial charge on any atom is 0.280 e. The summed E-state index contributed by atoms with van der Waals surface area (Å²) in [5.41, 5.74) is 0.532. The van der Waals surface area contributed by atoms with Crippen LogP contribution < -0.4 is 10.1 Å². The third-order valence-electron chi connectivity index (χ3n) is 6.24. The molecule has 2 saturated heterocycles. The molecule has 5 heterocycles. The van der Waals surface area contributed by atoms with Gasteiger partial charge in [-0.25, -0.2) is 18.7 Å². The van der Waals surface area contributed by atoms with Crippen LogP contribution >= 0.6 is 0 Å². The lowest BCUT2D eigenvalue weighted by molar-refractivity contribution is -0.182. The summed E-state index contributed by atoms with van der Waals surface area (Å²) in [6, 6.07) is 4.07. The van der Waals surface area contributed by atoms with E-state index in [1.165, 1.54) is 18.2 Å². The second kappa shape index (κ2) is 7.72. The van der Waals surface area contributed by atoms with Gasteiger partial charge in [0.05, 0.1) is 17.4 Å². The average molecular weight is 457 g/mol. The van der Waals surface area contributed by atoms with Gasteiger partial charge >= 0.3 is 0 Å². The van der Waals surface area contributed by atoms with Gasteiger partial charge in [-0.15, -0.1) is 0 Å². The highest BCUT2D eigenvalue weighted by Crippen LogP contribution is 2.57. The van der Waals surface area contributed by atoms with Crippen molar-refractivity contribution >= 4 is 17.5 Å². The summed E-state index contributed by atoms with van der Waals surface area (Å²) in [6.45, 7) is 6.47. The normalized spacial score (nSPS) is 24.2. The fourth-order valence-electron chi connectivity index (χ4n) is 4.92. The van der Waals surface area contributed by atoms with E-state index in [1.54, 1.807) is 10.6 Å². The quantitative estimate of drug-likeness (QED) is 0.593. The number of amides is 1. The van der Waals surface area contributed by atoms with Gasteiger partial charge in [0.25, 0.3) is 12.3 Å². The molecule has 0 atom stereocenters. The fourth-order valence-corrected chi connectivity index (χ4v) is 4.92. The minimum atomic E-state index is -2.73. The SMILES string of the molecule is CC(C)Oc1nc2nc(C34CCOC(C)(C3)C4)cn2cc1C(=O)Nc1cccc(C(F)F)n1. The number of hydrogen-bond acceptors (Lipinski definition) is 6. The highest BCUT2D eigenvalue weighted by Gasteiger charge is 2.57. The number of pyridine rings is 1. The van der Waals surface area contributed by atoms with Crippen molar-refractivity contribution in [2.75, 3.05) is 11.9 Å². The van der Waals surface area contributed by atoms with Crippen LogP contribution in [0.5, 0.6) is 5.88 Å². The number of nitrogens with zero attached hydrogens (tertiary/aromatic N) is 4. The van der Waals surface area contributed by atoms with Crippen molar-refractivity contribution in [2.24, 2.45) is 0 Å². The zero-order valence-electron chi connectivity index (χ0n) is 18.6. The third kappa shape index (κ3) is 3.92. The zero-order valence-corrected chi connectivity index (χ0v) is 18.6. The summed E-state index contributed by atoms with van der Waals surface area (Å²) in [5.74, 6) is 0.0220. The molecule has 2 aliphatic heterocycles. The Balaban J connectivity index is 1.49. The van der Waals surface area contributed by atoms with E-state index in [4.69, 9.17) is 14.5 Å². The molecular weight excluding hydrogens is 432 g/mol. The number of rotatable bonds is 6. The van der Waals surface area contributed by atoms with Gasteiger partial charge in [0.15, 0.2) is 0 Å². The van der Waals surface area contributed by atoms with Gasteiger partial charge in [0.1, 0.15) is 17.1 Å². The number of fused-ring (bicyclic) bond motifs is 3. The van der Waals surface area contributed by atoms with Gasteiger partial charge in [-0.1, -0.05) is 6.07 Å². The molecule has 174 valence electrons. The van der Waals surface area contributed by atoms with E-state index >= 15 is 0 Å². The lowest BCUT2D eigenvalue weighted by Gasteiger charge is -2.58. The summed E-state index contributed by atoms with van der Waals surface area (Å²) in [6.07, 6.45) is 3.23. The maximum absolute atomic E-state index is 13.1. The molecule has 0 aromatic carbocycles. The topological polar surface area (TPSA) is 90.6 Å². The van der Waals surface area contributed by atoms with Crippen molar-refractivity contribution in [1.29, 1.82) is 0 Å². The summed E-state index contributed by atoms with van der Waals surface area (Å²) in [7, 11) is 0. The van der Waals surface area contributed by atoms with Gasteiger partial charge < -0.3 is 14.8 Å². The number of imidazole rings is 1. The van der Waals surface area contributed by atoms with Crippen LogP contribution in [0.15, 0.2) is 30.6 Å². The summed E-state index contributed by atoms with van der Waals surface area (Å²) >= 11 is 0. The molecule has 3 aliphatic rings. The molecule has 3 fully saturated rings. The number of anilines is 1. The molecule has 1 saturated carbocycles. The van der Waals surface area contributed by atoms with E-state index in [9.17, 15) is 13.6 Å². The highest BCUT2D eigenvalue weighted by atomic mass is 19.3. The number of nitrogens with one attached hydrogen (secondary N) is 1. The van der Waals surface area contributed by atoms with Gasteiger partial charge in [-0.05, 0) is 52.2 Å². The monoisotopic (exact) mass is 457 g/mol. The summed E-state index contributed by atoms with van der Waals surface area (Å²) in [4.78, 5) is 26.1. The van der Waals surface area contributed by atoms with Crippen LogP contribution in [0.2, 0.25) is 0 Å². The summed E-state index contributed by atoms with van der Waals surface area (Å²) in [5, 5.41) is 2.57. The van der Waals surface area contributed by atoms with Crippen molar-refractivity contribution in [3.63, 3.8) is 0 Å². The number of carbonyl (C=O) groups excluding carboxylic acids is 1. The maximum atomic E-state index is 13.1. The standard InChI is InChI=1S/C23H25F2N5O3/c1-13(2)33-20-14(19(31)28-17-6-4-5-15(26-17)18(24)25)9-30-10-16(27-21(30)29-20)23-7-8-32-22(3,11-23)12-23/h4-6,9-10,13,18H,7-8,11-12H2,1-3H3,(H,26,28,31). The average Bonchev–Trinajstić information content (AvgIpc) is 3.16. The molecule has 2 bridgehead atoms. The first-order valence-corrected chi connectivity index (χ1v) is 10.9. The molecule has 6 rings (SSSR count). The molecule has 0 radical (unpaired) electrons. The van der Waals surface area contributed by atoms with E-state index in [-0.39, 0.29) is 34.4 Å². The molecular formula is C23H25F2N5O3. The zero-order chi connectivity index (χ0) is 23.4. The third-order valence-corrected chi connectivity index (χ3v) is 6.24. The Morgan fingerprint density at radius 1 is 1.21 bits per heavy atom. The van der Waals surface area contributed by atoms with Crippen LogP contribution in [0.25, 0.3) is 5.78 Å². The Hall–Kier alpha value is -3.14. The Morgan fingerprint density at radius 3 is 2.70 bits per heavy atom. The van der Waals surface area contributed by atoms with Crippen LogP contribution in [0.1, 0.15) is 68.2 Å². The molecule has 1 aliphatic carbocycles. The number of carbonyl (C=O) groups is 1. The molecule has 0 spiro atoms. The van der Waals surface area contributed by atoms with E-state index in [2.05, 4.69) is 22.2 Å². The largest absolute Gasteiger partial charge is 0.474 e. The van der Waals surface area contributed by atoms with Crippen LogP contribution in [0.4, 0.5) is 14.6 Å². The van der Waals surface area contributed by atoms with Crippen molar-refractivity contribution < 1.29 is 23.0 Å². The van der Waals surface area contributed by atoms with Crippen LogP contribution in [-0.4, -0.2) is 43.6 Å². The predicted octanol–water partition coefficient (Wildman–Crippen LogP) is 4.31. The van der Waals surface area contributed by atoms with Crippen molar-refractivity contribution in [1.82, 2.24) is 19.4 Å². The number of halogens is 2. The molecule has 8 nitrogen and oxygen atoms in total. The van der Waals surface area contributed by atoms with Crippen LogP contribution in [0.3, 0.4) is 0 Å². The molecule has 10 heteroatoms. The minimum absolute atomic E-state index is 0.0227. The minimum Gasteiger partial charge on any atom is -0.474 e. The smallest absolute Gasteiger partial charge is 0.280 e. The second-order valence-corrected chi connectivity index (χ2v) is 9.34. The fraction of sp³-hybridized carbons (Fsp3) is 0.478. The molecule has 1 N–H and O–H groups in total. The number of alkyl halides is 2. The first kappa shape index (κ1) is 21.7. The Bertz CT molecular complexity index is 1220. The van der Waals surface area contributed by atoms with Gasteiger partial charge in [0, 0.05) is 24.4 Å². The predicted molar refractivity (Wildman–Crippen MR) is 116 cm³/mol. The lowest BCUT2D eigenvalue weighted by atomic mass is 9.55. The highest BCUT2D eigenvalue weighted by molar-refractivity contribution is 6.05. The number of aromatic nitrogens is 4. The second-order valence-electron chi connectivity index (χ2n) is 9.34. The van der Waals surface area contributed by atoms with E-state index in [1.807, 2.05) is 20.0 Å². The van der Waals surface area contributed by atoms with Crippen LogP contribution in [-0.2, 0) is 10.2 Å². The van der Waals surface area contributed by atoms with E-state index < -0.39 is 18.0 Å². The number of hydrogen-bond donors (Lipinski definition) is 1. The molecule has 3 aromatic heterocycles. The van der Waals surface area contributed by atoms with Gasteiger partial charge in [-0.2, -0.15) is 4.98 Å². The van der Waals surface area contributed by atoms with E-state index in [0.29, 0.717) is 12.4 Å². The summed E-state index contributed by atoms with van der Waals surface area (Å²) < 4.78 is 39.3. The Labute approximate surface area is 189 Å². The van der Waals surface area contributed by atoms with Crippen molar-refractivity contribution in [3.05, 3.63) is 47.5 Å². The van der Waals surface area contributed by atoms with Gasteiger partial charge in [0.2, 0.25) is 11.7 Å². The number of ether oxygens (including phenoxy) is 2. The van der Waals surface area contributed by atoms with E-state index in [0.717, 1.165) is 25.0 Å². The van der Waals surface area contributed by atoms with Crippen LogP contribution in [0, 0.1) is 0 Å². The molecule has 1 amide bonds. The van der Waals surface area contributed by atoms with Crippen molar-refractivity contribution in [2.45, 2.75) is 63.6 Å².